The van der Waals surface area contributed by atoms with Crippen LogP contribution >= 0.6 is 0 Å². The van der Waals surface area contributed by atoms with Crippen molar-refractivity contribution in [1.29, 1.82) is 0 Å². The number of carboxylic acid groups (broad SMARTS) is 1. The van der Waals surface area contributed by atoms with E-state index in [-0.39, 0.29) is 12.3 Å². The number of tetrazole rings is 1. The first-order valence-corrected chi connectivity index (χ1v) is 7.93. The van der Waals surface area contributed by atoms with Gasteiger partial charge in [0.05, 0.1) is 12.1 Å². The first-order valence-electron chi connectivity index (χ1n) is 7.93. The summed E-state index contributed by atoms with van der Waals surface area (Å²) in [5, 5.41) is 20.6. The fraction of sp³-hybridized carbons (Fsp3) is 0.438. The summed E-state index contributed by atoms with van der Waals surface area (Å²) in [6.45, 7) is 2.32. The Hall–Kier alpha value is -2.77. The first-order chi connectivity index (χ1) is 11.6. The van der Waals surface area contributed by atoms with Crippen molar-refractivity contribution in [1.82, 2.24) is 25.1 Å². The molecule has 1 aromatic heterocycles. The number of rotatable bonds is 4. The minimum absolute atomic E-state index is 0.145. The molecule has 1 fully saturated rings. The summed E-state index contributed by atoms with van der Waals surface area (Å²) in [4.78, 5) is 25.3. The van der Waals surface area contributed by atoms with Crippen LogP contribution in [0.5, 0.6) is 0 Å². The number of hydrogen-bond acceptors (Lipinski definition) is 5. The van der Waals surface area contributed by atoms with Crippen molar-refractivity contribution in [3.05, 3.63) is 35.7 Å². The maximum absolute atomic E-state index is 12.5. The molecule has 8 heteroatoms. The van der Waals surface area contributed by atoms with E-state index in [1.165, 1.54) is 4.90 Å². The van der Waals surface area contributed by atoms with Crippen LogP contribution in [0.3, 0.4) is 0 Å². The van der Waals surface area contributed by atoms with Gasteiger partial charge in [-0.15, -0.1) is 5.10 Å². The fourth-order valence-electron chi connectivity index (χ4n) is 2.99. The molecule has 8 nitrogen and oxygen atoms in total. The molecule has 0 saturated carbocycles. The van der Waals surface area contributed by atoms with E-state index in [1.54, 1.807) is 11.6 Å². The van der Waals surface area contributed by atoms with Crippen molar-refractivity contribution in [2.24, 2.45) is 0 Å². The highest BCUT2D eigenvalue weighted by Crippen LogP contribution is 2.19. The SMILES string of the molecule is Cc1nnnn1-c1ccc(CC(=O)N2CCCC[C@@H]2C(=O)O)cc1. The zero-order valence-corrected chi connectivity index (χ0v) is 13.4. The summed E-state index contributed by atoms with van der Waals surface area (Å²) >= 11 is 0. The van der Waals surface area contributed by atoms with Crippen molar-refractivity contribution >= 4 is 11.9 Å². The van der Waals surface area contributed by atoms with Crippen molar-refractivity contribution in [2.45, 2.75) is 38.6 Å². The molecule has 1 amide bonds. The number of carbonyl (C=O) groups excluding carboxylic acids is 1. The van der Waals surface area contributed by atoms with E-state index < -0.39 is 12.0 Å². The number of nitrogens with zero attached hydrogens (tertiary/aromatic N) is 5. The summed E-state index contributed by atoms with van der Waals surface area (Å²) in [5.74, 6) is -0.391. The Balaban J connectivity index is 1.70. The molecule has 24 heavy (non-hydrogen) atoms. The molecule has 2 heterocycles. The van der Waals surface area contributed by atoms with Crippen LogP contribution in [0, 0.1) is 6.92 Å². The van der Waals surface area contributed by atoms with E-state index in [2.05, 4.69) is 15.5 Å². The number of hydrogen-bond donors (Lipinski definition) is 1. The van der Waals surface area contributed by atoms with E-state index in [4.69, 9.17) is 0 Å². The number of benzene rings is 1. The van der Waals surface area contributed by atoms with Crippen LogP contribution in [0.1, 0.15) is 30.7 Å². The van der Waals surface area contributed by atoms with Crippen LogP contribution in [0.25, 0.3) is 5.69 Å². The Labute approximate surface area is 139 Å². The van der Waals surface area contributed by atoms with E-state index >= 15 is 0 Å². The second-order valence-corrected chi connectivity index (χ2v) is 5.92. The van der Waals surface area contributed by atoms with Gasteiger partial charge >= 0.3 is 5.97 Å². The lowest BCUT2D eigenvalue weighted by Gasteiger charge is -2.33. The van der Waals surface area contributed by atoms with Crippen molar-refractivity contribution in [2.75, 3.05) is 6.54 Å². The van der Waals surface area contributed by atoms with Gasteiger partial charge in [0.25, 0.3) is 0 Å². The largest absolute Gasteiger partial charge is 0.480 e. The maximum atomic E-state index is 12.5. The molecule has 0 aliphatic carbocycles. The van der Waals surface area contributed by atoms with Gasteiger partial charge in [-0.3, -0.25) is 4.79 Å². The second kappa shape index (κ2) is 6.77. The molecule has 1 atom stereocenters. The highest BCUT2D eigenvalue weighted by molar-refractivity contribution is 5.85. The average Bonchev–Trinajstić information content (AvgIpc) is 3.01. The third-order valence-electron chi connectivity index (χ3n) is 4.27. The minimum Gasteiger partial charge on any atom is -0.480 e. The lowest BCUT2D eigenvalue weighted by Crippen LogP contribution is -2.48. The molecule has 3 rings (SSSR count). The summed E-state index contributed by atoms with van der Waals surface area (Å²) in [7, 11) is 0. The first kappa shape index (κ1) is 16.1. The molecular weight excluding hydrogens is 310 g/mol. The van der Waals surface area contributed by atoms with E-state index in [0.29, 0.717) is 18.8 Å². The molecule has 1 aliphatic heterocycles. The molecule has 1 aliphatic rings. The van der Waals surface area contributed by atoms with Gasteiger partial charge < -0.3 is 10.0 Å². The highest BCUT2D eigenvalue weighted by Gasteiger charge is 2.31. The van der Waals surface area contributed by atoms with E-state index in [9.17, 15) is 14.7 Å². The van der Waals surface area contributed by atoms with Gasteiger partial charge in [-0.2, -0.15) is 4.68 Å². The Morgan fingerprint density at radius 1 is 1.25 bits per heavy atom. The number of aliphatic carboxylic acids is 1. The van der Waals surface area contributed by atoms with Crippen LogP contribution in [-0.4, -0.2) is 54.7 Å². The number of piperidine rings is 1. The van der Waals surface area contributed by atoms with E-state index in [1.807, 2.05) is 24.3 Å². The predicted molar refractivity (Wildman–Crippen MR) is 84.6 cm³/mol. The zero-order valence-electron chi connectivity index (χ0n) is 13.4. The lowest BCUT2D eigenvalue weighted by atomic mass is 10.0. The van der Waals surface area contributed by atoms with Crippen LogP contribution in [0.15, 0.2) is 24.3 Å². The van der Waals surface area contributed by atoms with Crippen molar-refractivity contribution < 1.29 is 14.7 Å². The van der Waals surface area contributed by atoms with Gasteiger partial charge in [0.1, 0.15) is 6.04 Å². The molecular formula is C16H19N5O3. The van der Waals surface area contributed by atoms with Gasteiger partial charge in [0, 0.05) is 6.54 Å². The molecule has 0 bridgehead atoms. The number of aryl methyl sites for hydroxylation is 1. The molecule has 0 unspecified atom stereocenters. The third-order valence-corrected chi connectivity index (χ3v) is 4.27. The standard InChI is InChI=1S/C16H19N5O3/c1-11-17-18-19-21(11)13-7-5-12(6-8-13)10-15(22)20-9-3-2-4-14(20)16(23)24/h5-8,14H,2-4,9-10H2,1H3,(H,23,24)/t14-/m1/s1. The van der Waals surface area contributed by atoms with E-state index in [0.717, 1.165) is 24.1 Å². The number of carbonyl (C=O) groups is 2. The topological polar surface area (TPSA) is 101 Å². The number of aromatic nitrogens is 4. The smallest absolute Gasteiger partial charge is 0.326 e. The van der Waals surface area contributed by atoms with Crippen LogP contribution in [-0.2, 0) is 16.0 Å². The Kier molecular flexibility index (Phi) is 4.54. The number of carboxylic acids is 1. The average molecular weight is 329 g/mol. The van der Waals surface area contributed by atoms with Crippen LogP contribution in [0.2, 0.25) is 0 Å². The van der Waals surface area contributed by atoms with Gasteiger partial charge in [-0.1, -0.05) is 12.1 Å². The monoisotopic (exact) mass is 329 g/mol. The second-order valence-electron chi connectivity index (χ2n) is 5.92. The molecule has 1 saturated heterocycles. The minimum atomic E-state index is -0.924. The van der Waals surface area contributed by atoms with Crippen molar-refractivity contribution in [3.63, 3.8) is 0 Å². The summed E-state index contributed by atoms with van der Waals surface area (Å²) in [6.07, 6.45) is 2.42. The highest BCUT2D eigenvalue weighted by atomic mass is 16.4. The number of likely N-dealkylation sites (tertiary alicyclic amines) is 1. The molecule has 126 valence electrons. The summed E-state index contributed by atoms with van der Waals surface area (Å²) in [6, 6.07) is 6.67. The number of amides is 1. The van der Waals surface area contributed by atoms with Crippen molar-refractivity contribution in [3.8, 4) is 5.69 Å². The molecule has 0 radical (unpaired) electrons. The maximum Gasteiger partial charge on any atom is 0.326 e. The molecule has 1 N–H and O–H groups in total. The third kappa shape index (κ3) is 3.27. The summed E-state index contributed by atoms with van der Waals surface area (Å²) < 4.78 is 1.61. The quantitative estimate of drug-likeness (QED) is 0.897. The van der Waals surface area contributed by atoms with Gasteiger partial charge in [0.2, 0.25) is 5.91 Å². The molecule has 1 aromatic carbocycles. The lowest BCUT2D eigenvalue weighted by molar-refractivity contribution is -0.151. The fourth-order valence-corrected chi connectivity index (χ4v) is 2.99. The zero-order chi connectivity index (χ0) is 17.1. The van der Waals surface area contributed by atoms with Gasteiger partial charge in [-0.05, 0) is 54.3 Å². The predicted octanol–water partition coefficient (Wildman–Crippen LogP) is 0.979. The summed E-state index contributed by atoms with van der Waals surface area (Å²) in [5.41, 5.74) is 1.65. The Morgan fingerprint density at radius 3 is 2.62 bits per heavy atom. The van der Waals surface area contributed by atoms with Crippen LogP contribution in [0.4, 0.5) is 0 Å². The van der Waals surface area contributed by atoms with Gasteiger partial charge in [0.15, 0.2) is 5.82 Å². The van der Waals surface area contributed by atoms with Gasteiger partial charge in [-0.25, -0.2) is 4.79 Å². The Bertz CT molecular complexity index is 740. The molecule has 0 spiro atoms. The Morgan fingerprint density at radius 2 is 2.00 bits per heavy atom. The van der Waals surface area contributed by atoms with Crippen LogP contribution < -0.4 is 0 Å². The normalized spacial score (nSPS) is 17.7. The molecule has 2 aromatic rings.